The Morgan fingerprint density at radius 3 is 2.47 bits per heavy atom. The van der Waals surface area contributed by atoms with Crippen LogP contribution in [0.5, 0.6) is 17.2 Å². The lowest BCUT2D eigenvalue weighted by Crippen LogP contribution is -2.44. The Balaban J connectivity index is 1.12. The number of carbonyl (C=O) groups is 1. The molecular weight excluding hydrogens is 450 g/mol. The highest BCUT2D eigenvalue weighted by molar-refractivity contribution is 5.81. The second-order valence-corrected chi connectivity index (χ2v) is 9.76. The second-order valence-electron chi connectivity index (χ2n) is 9.76. The summed E-state index contributed by atoms with van der Waals surface area (Å²) in [6.07, 6.45) is 4.61. The van der Waals surface area contributed by atoms with E-state index in [-0.39, 0.29) is 5.91 Å². The molecule has 188 valence electrons. The number of amides is 1. The Kier molecular flexibility index (Phi) is 7.75. The Morgan fingerprint density at radius 1 is 0.944 bits per heavy atom. The smallest absolute Gasteiger partial charge is 0.263 e. The average Bonchev–Trinajstić information content (AvgIpc) is 3.18. The Labute approximate surface area is 214 Å². The van der Waals surface area contributed by atoms with Crippen LogP contribution in [0.15, 0.2) is 72.8 Å². The van der Waals surface area contributed by atoms with E-state index in [1.54, 1.807) is 0 Å². The number of piperidine rings is 1. The summed E-state index contributed by atoms with van der Waals surface area (Å²) in [5, 5.41) is 0. The summed E-state index contributed by atoms with van der Waals surface area (Å²) in [5.74, 6) is 3.16. The van der Waals surface area contributed by atoms with Gasteiger partial charge in [-0.25, -0.2) is 0 Å². The minimum absolute atomic E-state index is 0.0687. The summed E-state index contributed by atoms with van der Waals surface area (Å²) in [7, 11) is 0. The van der Waals surface area contributed by atoms with Crippen LogP contribution in [0.2, 0.25) is 0 Å². The number of likely N-dealkylation sites (tertiary alicyclic amines) is 1. The zero-order valence-electron chi connectivity index (χ0n) is 21.0. The Hall–Kier alpha value is -3.47. The molecule has 0 spiro atoms. The van der Waals surface area contributed by atoms with Crippen LogP contribution in [0, 0.1) is 5.92 Å². The molecule has 1 saturated heterocycles. The van der Waals surface area contributed by atoms with Gasteiger partial charge in [0.1, 0.15) is 5.75 Å². The van der Waals surface area contributed by atoms with Gasteiger partial charge >= 0.3 is 0 Å². The van der Waals surface area contributed by atoms with Gasteiger partial charge < -0.3 is 19.1 Å². The van der Waals surface area contributed by atoms with E-state index in [4.69, 9.17) is 14.2 Å². The lowest BCUT2D eigenvalue weighted by Gasteiger charge is -2.33. The fourth-order valence-corrected chi connectivity index (χ4v) is 5.10. The normalized spacial score (nSPS) is 16.8. The van der Waals surface area contributed by atoms with Crippen LogP contribution in [0.1, 0.15) is 38.2 Å². The molecule has 2 heterocycles. The molecule has 1 amide bonds. The topological polar surface area (TPSA) is 48.0 Å². The Morgan fingerprint density at radius 2 is 1.67 bits per heavy atom. The molecule has 5 nitrogen and oxygen atoms in total. The van der Waals surface area contributed by atoms with E-state index in [9.17, 15) is 4.79 Å². The van der Waals surface area contributed by atoms with Gasteiger partial charge in [-0.1, -0.05) is 54.6 Å². The minimum Gasteiger partial charge on any atom is -0.490 e. The van der Waals surface area contributed by atoms with Crippen molar-refractivity contribution in [2.45, 2.75) is 45.1 Å². The third kappa shape index (κ3) is 5.84. The number of rotatable bonds is 7. The van der Waals surface area contributed by atoms with E-state index < -0.39 is 6.10 Å². The summed E-state index contributed by atoms with van der Waals surface area (Å²) < 4.78 is 17.8. The minimum atomic E-state index is -0.520. The number of benzene rings is 3. The third-order valence-electron chi connectivity index (χ3n) is 7.20. The number of aryl methyl sites for hydroxylation is 1. The third-order valence-corrected chi connectivity index (χ3v) is 7.20. The van der Waals surface area contributed by atoms with Gasteiger partial charge in [0.15, 0.2) is 17.6 Å². The van der Waals surface area contributed by atoms with E-state index in [1.165, 1.54) is 5.56 Å². The predicted octanol–water partition coefficient (Wildman–Crippen LogP) is 6.15. The summed E-state index contributed by atoms with van der Waals surface area (Å²) in [4.78, 5) is 15.1. The van der Waals surface area contributed by atoms with Crippen molar-refractivity contribution in [3.05, 3.63) is 78.4 Å². The number of carbonyl (C=O) groups excluding carboxylic acids is 1. The highest BCUT2D eigenvalue weighted by atomic mass is 16.5. The van der Waals surface area contributed by atoms with Gasteiger partial charge in [0, 0.05) is 25.1 Å². The highest BCUT2D eigenvalue weighted by Gasteiger charge is 2.27. The van der Waals surface area contributed by atoms with Gasteiger partial charge in [-0.3, -0.25) is 4.79 Å². The summed E-state index contributed by atoms with van der Waals surface area (Å²) in [5.41, 5.74) is 3.38. The van der Waals surface area contributed by atoms with Crippen molar-refractivity contribution < 1.29 is 19.0 Å². The molecule has 5 heteroatoms. The molecule has 0 N–H and O–H groups in total. The zero-order valence-corrected chi connectivity index (χ0v) is 21.0. The first-order valence-electron chi connectivity index (χ1n) is 13.2. The zero-order chi connectivity index (χ0) is 24.7. The molecule has 2 aliphatic heterocycles. The molecule has 5 rings (SSSR count). The maximum absolute atomic E-state index is 13.2. The first kappa shape index (κ1) is 24.2. The van der Waals surface area contributed by atoms with Gasteiger partial charge in [0.25, 0.3) is 5.91 Å². The lowest BCUT2D eigenvalue weighted by molar-refractivity contribution is -0.139. The SMILES string of the molecule is CC(Oc1ccccc1-c1ccccc1)C(=O)N1CCC(CCc2ccc3c(c2)OCCCO3)CC1. The molecule has 0 radical (unpaired) electrons. The maximum atomic E-state index is 13.2. The van der Waals surface area contributed by atoms with E-state index in [1.807, 2.05) is 60.4 Å². The summed E-state index contributed by atoms with van der Waals surface area (Å²) in [6, 6.07) is 24.4. The van der Waals surface area contributed by atoms with Crippen LogP contribution in [0.3, 0.4) is 0 Å². The lowest BCUT2D eigenvalue weighted by atomic mass is 9.90. The van der Waals surface area contributed by atoms with E-state index in [2.05, 4.69) is 24.3 Å². The molecule has 0 aliphatic carbocycles. The number of hydrogen-bond donors (Lipinski definition) is 0. The molecule has 3 aromatic rings. The quantitative estimate of drug-likeness (QED) is 0.403. The van der Waals surface area contributed by atoms with Crippen molar-refractivity contribution >= 4 is 5.91 Å². The van der Waals surface area contributed by atoms with Crippen molar-refractivity contribution in [1.82, 2.24) is 4.90 Å². The first-order chi connectivity index (χ1) is 17.7. The van der Waals surface area contributed by atoms with Crippen LogP contribution >= 0.6 is 0 Å². The van der Waals surface area contributed by atoms with Crippen LogP contribution in [-0.2, 0) is 11.2 Å². The molecule has 1 atom stereocenters. The van der Waals surface area contributed by atoms with Crippen molar-refractivity contribution in [3.63, 3.8) is 0 Å². The van der Waals surface area contributed by atoms with E-state index in [0.29, 0.717) is 19.1 Å². The molecule has 3 aromatic carbocycles. The van der Waals surface area contributed by atoms with Crippen molar-refractivity contribution in [2.75, 3.05) is 26.3 Å². The Bertz CT molecular complexity index is 1150. The van der Waals surface area contributed by atoms with E-state index >= 15 is 0 Å². The summed E-state index contributed by atoms with van der Waals surface area (Å²) >= 11 is 0. The molecule has 1 unspecified atom stereocenters. The number of hydrogen-bond acceptors (Lipinski definition) is 4. The van der Waals surface area contributed by atoms with E-state index in [0.717, 1.165) is 73.6 Å². The number of fused-ring (bicyclic) bond motifs is 1. The van der Waals surface area contributed by atoms with Gasteiger partial charge in [0.2, 0.25) is 0 Å². The molecule has 0 aromatic heterocycles. The number of para-hydroxylation sites is 1. The number of ether oxygens (including phenoxy) is 3. The summed E-state index contributed by atoms with van der Waals surface area (Å²) in [6.45, 7) is 4.87. The van der Waals surface area contributed by atoms with Gasteiger partial charge in [-0.15, -0.1) is 0 Å². The van der Waals surface area contributed by atoms with Gasteiger partial charge in [-0.05, 0) is 67.9 Å². The standard InChI is InChI=1S/C31H35NO4/c1-23(36-28-11-6-5-10-27(28)26-8-3-2-4-9-26)31(33)32-18-16-24(17-19-32)12-13-25-14-15-29-30(22-25)35-21-7-20-34-29/h2-6,8-11,14-15,22-24H,7,12-13,16-21H2,1H3. The van der Waals surface area contributed by atoms with Crippen LogP contribution < -0.4 is 14.2 Å². The predicted molar refractivity (Wildman–Crippen MR) is 142 cm³/mol. The van der Waals surface area contributed by atoms with Crippen LogP contribution in [0.25, 0.3) is 11.1 Å². The van der Waals surface area contributed by atoms with Crippen LogP contribution in [0.4, 0.5) is 0 Å². The van der Waals surface area contributed by atoms with Crippen LogP contribution in [-0.4, -0.2) is 43.2 Å². The van der Waals surface area contributed by atoms with Gasteiger partial charge in [-0.2, -0.15) is 0 Å². The van der Waals surface area contributed by atoms with Crippen molar-refractivity contribution in [1.29, 1.82) is 0 Å². The molecule has 36 heavy (non-hydrogen) atoms. The number of nitrogens with zero attached hydrogens (tertiary/aromatic N) is 1. The average molecular weight is 486 g/mol. The molecule has 0 bridgehead atoms. The fourth-order valence-electron chi connectivity index (χ4n) is 5.10. The first-order valence-corrected chi connectivity index (χ1v) is 13.2. The second kappa shape index (κ2) is 11.5. The fraction of sp³-hybridized carbons (Fsp3) is 0.387. The van der Waals surface area contributed by atoms with Crippen molar-refractivity contribution in [3.8, 4) is 28.4 Å². The largest absolute Gasteiger partial charge is 0.490 e. The van der Waals surface area contributed by atoms with Crippen molar-refractivity contribution in [2.24, 2.45) is 5.92 Å². The molecule has 2 aliphatic rings. The highest BCUT2D eigenvalue weighted by Crippen LogP contribution is 2.33. The maximum Gasteiger partial charge on any atom is 0.263 e. The molecule has 1 fully saturated rings. The molecule has 0 saturated carbocycles. The van der Waals surface area contributed by atoms with Gasteiger partial charge in [0.05, 0.1) is 13.2 Å². The monoisotopic (exact) mass is 485 g/mol. The molecular formula is C31H35NO4.